The molecule has 1 unspecified atom stereocenters. The summed E-state index contributed by atoms with van der Waals surface area (Å²) in [6.45, 7) is 4.75. The summed E-state index contributed by atoms with van der Waals surface area (Å²) < 4.78 is 0. The lowest BCUT2D eigenvalue weighted by Gasteiger charge is -1.90. The molecule has 8 heavy (non-hydrogen) atoms. The van der Waals surface area contributed by atoms with Gasteiger partial charge in [0.25, 0.3) is 0 Å². The Labute approximate surface area is 57.3 Å². The second-order valence-corrected chi connectivity index (χ2v) is 2.10. The van der Waals surface area contributed by atoms with E-state index in [1.807, 2.05) is 0 Å². The largest absolute Gasteiger partial charge is 0.316 e. The maximum absolute atomic E-state index is 3.53. The molecule has 0 aliphatic carbocycles. The quantitative estimate of drug-likeness (QED) is 0.473. The van der Waals surface area contributed by atoms with Gasteiger partial charge in [-0.25, -0.2) is 0 Å². The Hall–Kier alpha value is 0.310. The lowest BCUT2D eigenvalue weighted by molar-refractivity contribution is 0.651. The Morgan fingerprint density at radius 1 is 1.50 bits per heavy atom. The zero-order valence-electron chi connectivity index (χ0n) is 5.65. The summed E-state index contributed by atoms with van der Waals surface area (Å²) in [5, 5.41) is 3.27. The third-order valence-corrected chi connectivity index (χ3v) is 1.31. The molecule has 0 saturated carbocycles. The molecule has 0 aromatic rings. The molecule has 0 spiro atoms. The van der Waals surface area contributed by atoms with Gasteiger partial charge in [0.05, 0.1) is 0 Å². The molecule has 0 amide bonds. The van der Waals surface area contributed by atoms with Gasteiger partial charge in [-0.05, 0) is 31.7 Å². The van der Waals surface area contributed by atoms with E-state index in [2.05, 4.69) is 24.9 Å². The number of rotatable bonds is 0. The van der Waals surface area contributed by atoms with Gasteiger partial charge in [0.15, 0.2) is 0 Å². The van der Waals surface area contributed by atoms with Crippen LogP contribution in [0.15, 0.2) is 0 Å². The average Bonchev–Trinajstić information content (AvgIpc) is 2.24. The minimum Gasteiger partial charge on any atom is -0.316 e. The van der Waals surface area contributed by atoms with Crippen molar-refractivity contribution in [3.05, 3.63) is 0 Å². The van der Waals surface area contributed by atoms with Gasteiger partial charge in [-0.15, -0.1) is 0 Å². The highest BCUT2D eigenvalue weighted by molar-refractivity contribution is 7.79. The monoisotopic (exact) mass is 133 g/mol. The van der Waals surface area contributed by atoms with Crippen LogP contribution < -0.4 is 5.32 Å². The van der Waals surface area contributed by atoms with Crippen LogP contribution in [0.5, 0.6) is 0 Å². The molecule has 2 heteroatoms. The fourth-order valence-corrected chi connectivity index (χ4v) is 0.799. The van der Waals surface area contributed by atoms with Crippen LogP contribution in [0.25, 0.3) is 0 Å². The Kier molecular flexibility index (Phi) is 5.66. The van der Waals surface area contributed by atoms with Gasteiger partial charge in [-0.1, -0.05) is 6.92 Å². The molecule has 1 fully saturated rings. The zero-order valence-corrected chi connectivity index (χ0v) is 6.54. The van der Waals surface area contributed by atoms with Crippen LogP contribution in [0.3, 0.4) is 0 Å². The first-order chi connectivity index (χ1) is 3.89. The average molecular weight is 133 g/mol. The summed E-state index contributed by atoms with van der Waals surface area (Å²) >= 11 is 3.53. The Morgan fingerprint density at radius 2 is 2.12 bits per heavy atom. The van der Waals surface area contributed by atoms with E-state index in [1.165, 1.54) is 19.5 Å². The third-order valence-electron chi connectivity index (χ3n) is 1.31. The standard InChI is InChI=1S/C5H11N.CH4S/c1-5-2-3-6-4-5;1-2/h5-6H,2-4H2,1H3;2H,1H3. The minimum absolute atomic E-state index is 0.935. The fourth-order valence-electron chi connectivity index (χ4n) is 0.799. The van der Waals surface area contributed by atoms with E-state index >= 15 is 0 Å². The molecular formula is C6H15NS. The topological polar surface area (TPSA) is 12.0 Å². The molecule has 0 aromatic heterocycles. The normalized spacial score (nSPS) is 26.6. The number of hydrogen-bond acceptors (Lipinski definition) is 2. The summed E-state index contributed by atoms with van der Waals surface area (Å²) in [5.74, 6) is 0.935. The van der Waals surface area contributed by atoms with E-state index in [9.17, 15) is 0 Å². The maximum atomic E-state index is 3.53. The van der Waals surface area contributed by atoms with Crippen molar-refractivity contribution >= 4 is 12.6 Å². The number of nitrogens with one attached hydrogen (secondary N) is 1. The number of hydrogen-bond donors (Lipinski definition) is 2. The van der Waals surface area contributed by atoms with Crippen molar-refractivity contribution in [2.24, 2.45) is 5.92 Å². The van der Waals surface area contributed by atoms with Gasteiger partial charge < -0.3 is 5.32 Å². The minimum atomic E-state index is 0.935. The molecule has 1 aliphatic rings. The predicted molar refractivity (Wildman–Crippen MR) is 41.6 cm³/mol. The van der Waals surface area contributed by atoms with Gasteiger partial charge in [-0.2, -0.15) is 12.6 Å². The zero-order chi connectivity index (χ0) is 6.41. The smallest absolute Gasteiger partial charge is 0.00227 e. The van der Waals surface area contributed by atoms with Gasteiger partial charge in [-0.3, -0.25) is 0 Å². The molecule has 50 valence electrons. The molecule has 0 aromatic carbocycles. The van der Waals surface area contributed by atoms with Crippen molar-refractivity contribution in [1.82, 2.24) is 5.32 Å². The summed E-state index contributed by atoms with van der Waals surface area (Å²) in [6, 6.07) is 0. The Morgan fingerprint density at radius 3 is 2.25 bits per heavy atom. The molecule has 1 nitrogen and oxygen atoms in total. The van der Waals surface area contributed by atoms with E-state index in [4.69, 9.17) is 0 Å². The van der Waals surface area contributed by atoms with Crippen LogP contribution in [0.2, 0.25) is 0 Å². The molecule has 0 bridgehead atoms. The summed E-state index contributed by atoms with van der Waals surface area (Å²) in [7, 11) is 0. The lowest BCUT2D eigenvalue weighted by atomic mass is 10.2. The predicted octanol–water partition coefficient (Wildman–Crippen LogP) is 1.16. The van der Waals surface area contributed by atoms with Crippen molar-refractivity contribution in [2.45, 2.75) is 13.3 Å². The fraction of sp³-hybridized carbons (Fsp3) is 1.00. The summed E-state index contributed by atoms with van der Waals surface area (Å²) in [5.41, 5.74) is 0. The van der Waals surface area contributed by atoms with Crippen molar-refractivity contribution < 1.29 is 0 Å². The van der Waals surface area contributed by atoms with Crippen molar-refractivity contribution in [3.63, 3.8) is 0 Å². The van der Waals surface area contributed by atoms with Crippen LogP contribution in [0, 0.1) is 5.92 Å². The van der Waals surface area contributed by atoms with Crippen LogP contribution in [-0.4, -0.2) is 19.3 Å². The molecule has 1 heterocycles. The molecular weight excluding hydrogens is 118 g/mol. The van der Waals surface area contributed by atoms with Gasteiger partial charge in [0, 0.05) is 0 Å². The van der Waals surface area contributed by atoms with Crippen LogP contribution in [-0.2, 0) is 0 Å². The first-order valence-corrected chi connectivity index (χ1v) is 3.94. The summed E-state index contributed by atoms with van der Waals surface area (Å²) in [6.07, 6.45) is 3.07. The second-order valence-electron chi connectivity index (χ2n) is 2.10. The highest BCUT2D eigenvalue weighted by Gasteiger charge is 2.06. The molecule has 1 saturated heterocycles. The van der Waals surface area contributed by atoms with E-state index in [0.717, 1.165) is 5.92 Å². The number of thiol groups is 1. The first-order valence-electron chi connectivity index (χ1n) is 3.05. The Bertz CT molecular complexity index is 41.8. The lowest BCUT2D eigenvalue weighted by Crippen LogP contribution is -2.06. The SMILES string of the molecule is CC1CCNC1.CS. The van der Waals surface area contributed by atoms with Crippen LogP contribution in [0.1, 0.15) is 13.3 Å². The van der Waals surface area contributed by atoms with Crippen molar-refractivity contribution in [1.29, 1.82) is 0 Å². The molecule has 0 radical (unpaired) electrons. The Balaban J connectivity index is 0.000000222. The van der Waals surface area contributed by atoms with E-state index < -0.39 is 0 Å². The maximum Gasteiger partial charge on any atom is -0.00227 e. The van der Waals surface area contributed by atoms with E-state index in [-0.39, 0.29) is 0 Å². The van der Waals surface area contributed by atoms with Crippen LogP contribution >= 0.6 is 12.6 Å². The second kappa shape index (κ2) is 5.45. The molecule has 1 aliphatic heterocycles. The first kappa shape index (κ1) is 8.31. The highest BCUT2D eigenvalue weighted by atomic mass is 32.1. The molecule has 1 atom stereocenters. The van der Waals surface area contributed by atoms with E-state index in [1.54, 1.807) is 6.26 Å². The molecule has 1 rings (SSSR count). The van der Waals surface area contributed by atoms with Crippen molar-refractivity contribution in [2.75, 3.05) is 19.3 Å². The van der Waals surface area contributed by atoms with Gasteiger partial charge in [0.1, 0.15) is 0 Å². The van der Waals surface area contributed by atoms with E-state index in [0.29, 0.717) is 0 Å². The summed E-state index contributed by atoms with van der Waals surface area (Å²) in [4.78, 5) is 0. The van der Waals surface area contributed by atoms with Crippen LogP contribution in [0.4, 0.5) is 0 Å². The van der Waals surface area contributed by atoms with Gasteiger partial charge in [0.2, 0.25) is 0 Å². The molecule has 1 N–H and O–H groups in total. The van der Waals surface area contributed by atoms with Crippen molar-refractivity contribution in [3.8, 4) is 0 Å². The highest BCUT2D eigenvalue weighted by Crippen LogP contribution is 2.03. The van der Waals surface area contributed by atoms with Gasteiger partial charge >= 0.3 is 0 Å². The third kappa shape index (κ3) is 3.33.